The molecule has 0 aliphatic rings. The van der Waals surface area contributed by atoms with E-state index in [0.29, 0.717) is 33.9 Å². The molecule has 2 aromatic rings. The fraction of sp³-hybridized carbons (Fsp3) is 0.200. The molecule has 0 saturated carbocycles. The Morgan fingerprint density at radius 2 is 1.35 bits per heavy atom. The molecule has 2 aromatic carbocycles. The zero-order valence-corrected chi connectivity index (χ0v) is 15.0. The van der Waals surface area contributed by atoms with Crippen LogP contribution in [0.3, 0.4) is 0 Å². The van der Waals surface area contributed by atoms with Crippen LogP contribution in [-0.4, -0.2) is 38.0 Å². The SMILES string of the molecule is COc1cc(/C(O)=C\C(=O)c2ccc(C(C)=O)cc2)cc(OC)c1OC. The molecule has 0 radical (unpaired) electrons. The molecule has 6 heteroatoms. The van der Waals surface area contributed by atoms with E-state index < -0.39 is 5.78 Å². The Morgan fingerprint density at radius 3 is 1.77 bits per heavy atom. The second-order valence-electron chi connectivity index (χ2n) is 5.44. The number of aliphatic hydroxyl groups is 1. The fourth-order valence-electron chi connectivity index (χ4n) is 2.39. The number of aliphatic hydroxyl groups excluding tert-OH is 1. The Morgan fingerprint density at radius 1 is 0.846 bits per heavy atom. The van der Waals surface area contributed by atoms with E-state index in [4.69, 9.17) is 14.2 Å². The largest absolute Gasteiger partial charge is 0.507 e. The van der Waals surface area contributed by atoms with E-state index in [0.717, 1.165) is 6.08 Å². The Hall–Kier alpha value is -3.28. The maximum absolute atomic E-state index is 12.3. The summed E-state index contributed by atoms with van der Waals surface area (Å²) < 4.78 is 15.7. The molecule has 0 fully saturated rings. The third-order valence-corrected chi connectivity index (χ3v) is 3.80. The molecule has 0 aliphatic heterocycles. The van der Waals surface area contributed by atoms with E-state index in [1.54, 1.807) is 24.3 Å². The van der Waals surface area contributed by atoms with E-state index in [2.05, 4.69) is 0 Å². The highest BCUT2D eigenvalue weighted by Gasteiger charge is 2.16. The zero-order valence-electron chi connectivity index (χ0n) is 15.0. The first-order chi connectivity index (χ1) is 12.4. The summed E-state index contributed by atoms with van der Waals surface area (Å²) in [5.74, 6) is 0.383. The number of carbonyl (C=O) groups excluding carboxylic acids is 2. The number of ketones is 2. The molecule has 0 aliphatic carbocycles. The van der Waals surface area contributed by atoms with Crippen molar-refractivity contribution >= 4 is 17.3 Å². The molecule has 2 rings (SSSR count). The van der Waals surface area contributed by atoms with Crippen molar-refractivity contribution in [3.8, 4) is 17.2 Å². The van der Waals surface area contributed by atoms with Crippen molar-refractivity contribution in [1.82, 2.24) is 0 Å². The standard InChI is InChI=1S/C20H20O6/c1-12(21)13-5-7-14(8-6-13)16(22)11-17(23)15-9-18(24-2)20(26-4)19(10-15)25-3/h5-11,23H,1-4H3/b17-11+. The third kappa shape index (κ3) is 4.03. The van der Waals surface area contributed by atoms with Crippen LogP contribution in [0.4, 0.5) is 0 Å². The fourth-order valence-corrected chi connectivity index (χ4v) is 2.39. The molecule has 0 saturated heterocycles. The van der Waals surface area contributed by atoms with Gasteiger partial charge in [-0.05, 0) is 19.1 Å². The van der Waals surface area contributed by atoms with Gasteiger partial charge in [0.15, 0.2) is 23.1 Å². The van der Waals surface area contributed by atoms with Crippen LogP contribution < -0.4 is 14.2 Å². The molecule has 136 valence electrons. The maximum atomic E-state index is 12.3. The van der Waals surface area contributed by atoms with Gasteiger partial charge in [0.1, 0.15) is 5.76 Å². The summed E-state index contributed by atoms with van der Waals surface area (Å²) in [6, 6.07) is 9.30. The number of hydrogen-bond donors (Lipinski definition) is 1. The summed E-state index contributed by atoms with van der Waals surface area (Å²) >= 11 is 0. The number of rotatable bonds is 7. The topological polar surface area (TPSA) is 82.1 Å². The lowest BCUT2D eigenvalue weighted by molar-refractivity contribution is 0.101. The van der Waals surface area contributed by atoms with Crippen molar-refractivity contribution in [1.29, 1.82) is 0 Å². The van der Waals surface area contributed by atoms with Crippen LogP contribution >= 0.6 is 0 Å². The molecule has 0 spiro atoms. The van der Waals surface area contributed by atoms with Crippen molar-refractivity contribution in [2.45, 2.75) is 6.92 Å². The first-order valence-corrected chi connectivity index (χ1v) is 7.77. The molecule has 0 bridgehead atoms. The highest BCUT2D eigenvalue weighted by Crippen LogP contribution is 2.39. The first-order valence-electron chi connectivity index (χ1n) is 7.77. The van der Waals surface area contributed by atoms with E-state index in [1.165, 1.54) is 40.4 Å². The monoisotopic (exact) mass is 356 g/mol. The molecule has 0 amide bonds. The second kappa shape index (κ2) is 8.20. The van der Waals surface area contributed by atoms with Gasteiger partial charge in [-0.15, -0.1) is 0 Å². The van der Waals surface area contributed by atoms with Gasteiger partial charge in [0.2, 0.25) is 5.75 Å². The van der Waals surface area contributed by atoms with Crippen LogP contribution in [0.5, 0.6) is 17.2 Å². The van der Waals surface area contributed by atoms with E-state index in [9.17, 15) is 14.7 Å². The van der Waals surface area contributed by atoms with Crippen LogP contribution in [0.2, 0.25) is 0 Å². The zero-order chi connectivity index (χ0) is 19.3. The molecule has 6 nitrogen and oxygen atoms in total. The summed E-state index contributed by atoms with van der Waals surface area (Å²) in [5.41, 5.74) is 1.21. The summed E-state index contributed by atoms with van der Waals surface area (Å²) in [7, 11) is 4.40. The van der Waals surface area contributed by atoms with Gasteiger partial charge in [-0.2, -0.15) is 0 Å². The summed E-state index contributed by atoms with van der Waals surface area (Å²) in [4.78, 5) is 23.6. The van der Waals surface area contributed by atoms with Crippen LogP contribution in [0, 0.1) is 0 Å². The van der Waals surface area contributed by atoms with Gasteiger partial charge in [-0.3, -0.25) is 9.59 Å². The van der Waals surface area contributed by atoms with Crippen molar-refractivity contribution < 1.29 is 28.9 Å². The minimum absolute atomic E-state index is 0.0835. The van der Waals surface area contributed by atoms with E-state index >= 15 is 0 Å². The van der Waals surface area contributed by atoms with Gasteiger partial charge in [0.05, 0.1) is 21.3 Å². The number of benzene rings is 2. The molecule has 0 aromatic heterocycles. The van der Waals surface area contributed by atoms with E-state index in [1.807, 2.05) is 0 Å². The lowest BCUT2D eigenvalue weighted by atomic mass is 10.0. The number of hydrogen-bond acceptors (Lipinski definition) is 6. The molecule has 0 heterocycles. The summed E-state index contributed by atoms with van der Waals surface area (Å²) in [6.45, 7) is 1.45. The average Bonchev–Trinajstić information content (AvgIpc) is 2.66. The van der Waals surface area contributed by atoms with Crippen molar-refractivity contribution in [3.05, 3.63) is 59.2 Å². The predicted octanol–water partition coefficient (Wildman–Crippen LogP) is 3.70. The van der Waals surface area contributed by atoms with Gasteiger partial charge in [-0.25, -0.2) is 0 Å². The van der Waals surface area contributed by atoms with Gasteiger partial charge < -0.3 is 19.3 Å². The average molecular weight is 356 g/mol. The van der Waals surface area contributed by atoms with Crippen molar-refractivity contribution in [2.24, 2.45) is 0 Å². The lowest BCUT2D eigenvalue weighted by Crippen LogP contribution is -2.00. The Balaban J connectivity index is 2.36. The smallest absolute Gasteiger partial charge is 0.203 e. The Kier molecular flexibility index (Phi) is 6.01. The van der Waals surface area contributed by atoms with Crippen LogP contribution in [0.1, 0.15) is 33.2 Å². The first kappa shape index (κ1) is 19.1. The minimum atomic E-state index is -0.397. The van der Waals surface area contributed by atoms with Crippen molar-refractivity contribution in [3.63, 3.8) is 0 Å². The second-order valence-corrected chi connectivity index (χ2v) is 5.44. The van der Waals surface area contributed by atoms with Crippen LogP contribution in [-0.2, 0) is 0 Å². The normalized spacial score (nSPS) is 11.0. The number of Topliss-reactive ketones (excluding diaryl/α,β-unsaturated/α-hetero) is 1. The van der Waals surface area contributed by atoms with Gasteiger partial charge in [0, 0.05) is 22.8 Å². The highest BCUT2D eigenvalue weighted by molar-refractivity contribution is 6.08. The number of ether oxygens (including phenoxy) is 3. The van der Waals surface area contributed by atoms with E-state index in [-0.39, 0.29) is 11.5 Å². The van der Waals surface area contributed by atoms with Gasteiger partial charge in [0.25, 0.3) is 0 Å². The van der Waals surface area contributed by atoms with Crippen LogP contribution in [0.25, 0.3) is 5.76 Å². The predicted molar refractivity (Wildman–Crippen MR) is 97.5 cm³/mol. The number of allylic oxidation sites excluding steroid dienone is 1. The molecule has 26 heavy (non-hydrogen) atoms. The molecule has 0 unspecified atom stereocenters. The maximum Gasteiger partial charge on any atom is 0.203 e. The minimum Gasteiger partial charge on any atom is -0.507 e. The summed E-state index contributed by atoms with van der Waals surface area (Å²) in [5, 5.41) is 10.3. The van der Waals surface area contributed by atoms with Crippen LogP contribution in [0.15, 0.2) is 42.5 Å². The number of carbonyl (C=O) groups is 2. The molecular weight excluding hydrogens is 336 g/mol. The lowest BCUT2D eigenvalue weighted by Gasteiger charge is -2.13. The summed E-state index contributed by atoms with van der Waals surface area (Å²) in [6.07, 6.45) is 1.10. The quantitative estimate of drug-likeness (QED) is 0.463. The Bertz CT molecular complexity index is 824. The number of methoxy groups -OCH3 is 3. The van der Waals surface area contributed by atoms with Gasteiger partial charge >= 0.3 is 0 Å². The Labute approximate surface area is 151 Å². The molecule has 0 atom stereocenters. The highest BCUT2D eigenvalue weighted by atomic mass is 16.5. The molecular formula is C20H20O6. The van der Waals surface area contributed by atoms with Gasteiger partial charge in [-0.1, -0.05) is 24.3 Å². The third-order valence-electron chi connectivity index (χ3n) is 3.80. The van der Waals surface area contributed by atoms with Crippen molar-refractivity contribution in [2.75, 3.05) is 21.3 Å². The molecule has 1 N–H and O–H groups in total.